The minimum atomic E-state index is 0.914. The van der Waals surface area contributed by atoms with Gasteiger partial charge in [-0.1, -0.05) is 121 Å². The van der Waals surface area contributed by atoms with Gasteiger partial charge in [0.15, 0.2) is 0 Å². The molecule has 0 aliphatic heterocycles. The van der Waals surface area contributed by atoms with E-state index in [1.165, 1.54) is 82.3 Å². The van der Waals surface area contributed by atoms with Gasteiger partial charge in [-0.25, -0.2) is 0 Å². The van der Waals surface area contributed by atoms with Crippen molar-refractivity contribution >= 4 is 76.3 Å². The van der Waals surface area contributed by atoms with Crippen molar-refractivity contribution in [3.05, 3.63) is 194 Å². The van der Waals surface area contributed by atoms with Crippen LogP contribution in [0.5, 0.6) is 0 Å². The van der Waals surface area contributed by atoms with Crippen LogP contribution in [-0.4, -0.2) is 9.13 Å². The summed E-state index contributed by atoms with van der Waals surface area (Å²) in [6.45, 7) is 0. The summed E-state index contributed by atoms with van der Waals surface area (Å²) in [7, 11) is 0. The number of furan rings is 1. The predicted octanol–water partition coefficient (Wildman–Crippen LogP) is 14.3. The zero-order chi connectivity index (χ0) is 36.0. The number of hydrogen-bond acceptors (Lipinski definition) is 1. The number of fused-ring (bicyclic) bond motifs is 11. The highest BCUT2D eigenvalue weighted by molar-refractivity contribution is 6.19. The van der Waals surface area contributed by atoms with Crippen LogP contribution in [0.25, 0.3) is 110 Å². The summed E-state index contributed by atoms with van der Waals surface area (Å²) in [6, 6.07) is 70.4. The smallest absolute Gasteiger partial charge is 0.135 e. The lowest BCUT2D eigenvalue weighted by Crippen LogP contribution is -1.94. The molecule has 3 nitrogen and oxygen atoms in total. The Morgan fingerprint density at radius 2 is 0.836 bits per heavy atom. The number of para-hydroxylation sites is 3. The Morgan fingerprint density at radius 1 is 0.291 bits per heavy atom. The van der Waals surface area contributed by atoms with Crippen molar-refractivity contribution < 1.29 is 4.42 Å². The average molecular weight is 701 g/mol. The van der Waals surface area contributed by atoms with Gasteiger partial charge in [-0.2, -0.15) is 0 Å². The van der Waals surface area contributed by atoms with Crippen molar-refractivity contribution in [3.63, 3.8) is 0 Å². The molecule has 0 unspecified atom stereocenters. The van der Waals surface area contributed by atoms with E-state index in [1.54, 1.807) is 0 Å². The molecule has 0 amide bonds. The maximum atomic E-state index is 6.11. The Kier molecular flexibility index (Phi) is 6.34. The first-order chi connectivity index (χ1) is 27.3. The van der Waals surface area contributed by atoms with Crippen molar-refractivity contribution in [3.8, 4) is 33.6 Å². The Labute approximate surface area is 316 Å². The number of aromatic nitrogens is 2. The Hall–Kier alpha value is -7.36. The van der Waals surface area contributed by atoms with Gasteiger partial charge in [-0.05, 0) is 100 Å². The molecule has 12 rings (SSSR count). The first kappa shape index (κ1) is 30.1. The number of nitrogens with zero attached hydrogens (tertiary/aromatic N) is 2. The summed E-state index contributed by atoms with van der Waals surface area (Å²) in [5, 5.41) is 9.77. The molecule has 9 aromatic carbocycles. The highest BCUT2D eigenvalue weighted by Gasteiger charge is 2.18. The van der Waals surface area contributed by atoms with Crippen LogP contribution in [-0.2, 0) is 0 Å². The van der Waals surface area contributed by atoms with Gasteiger partial charge in [0.2, 0.25) is 0 Å². The van der Waals surface area contributed by atoms with E-state index in [1.807, 2.05) is 12.1 Å². The molecule has 0 radical (unpaired) electrons. The molecule has 0 aliphatic carbocycles. The second-order valence-corrected chi connectivity index (χ2v) is 14.5. The number of hydrogen-bond donors (Lipinski definition) is 0. The Morgan fingerprint density at radius 3 is 1.65 bits per heavy atom. The van der Waals surface area contributed by atoms with Crippen LogP contribution in [0, 0.1) is 0 Å². The van der Waals surface area contributed by atoms with E-state index in [9.17, 15) is 0 Å². The zero-order valence-electron chi connectivity index (χ0n) is 29.8. The van der Waals surface area contributed by atoms with E-state index in [-0.39, 0.29) is 0 Å². The lowest BCUT2D eigenvalue weighted by molar-refractivity contribution is 0.669. The lowest BCUT2D eigenvalue weighted by atomic mass is 10.00. The van der Waals surface area contributed by atoms with Crippen molar-refractivity contribution in [1.82, 2.24) is 9.13 Å². The van der Waals surface area contributed by atoms with Crippen LogP contribution in [0.4, 0.5) is 0 Å². The number of benzene rings is 9. The topological polar surface area (TPSA) is 23.0 Å². The van der Waals surface area contributed by atoms with Crippen molar-refractivity contribution in [2.24, 2.45) is 0 Å². The maximum absolute atomic E-state index is 6.11. The van der Waals surface area contributed by atoms with Crippen molar-refractivity contribution in [1.29, 1.82) is 0 Å². The molecule has 3 aromatic heterocycles. The number of rotatable bonds is 4. The fourth-order valence-corrected chi connectivity index (χ4v) is 8.94. The quantitative estimate of drug-likeness (QED) is 0.179. The molecule has 0 saturated heterocycles. The highest BCUT2D eigenvalue weighted by atomic mass is 16.3. The normalized spacial score (nSPS) is 12.0. The molecule has 0 N–H and O–H groups in total. The van der Waals surface area contributed by atoms with Gasteiger partial charge in [0.1, 0.15) is 11.2 Å². The molecule has 0 atom stereocenters. The Balaban J connectivity index is 1.02. The molecule has 12 aromatic rings. The third kappa shape index (κ3) is 4.50. The standard InChI is InChI=1S/C52H32N2O/c1-2-11-38(12-3-1)53-47-16-8-6-14-41(47)44-30-36(21-27-48(44)53)37-22-28-49-45(31-37)43-26-20-34-10-4-5-13-40(34)52(43)54(49)39-24-18-33(19-25-39)35-23-29-51-46(32-35)42-15-7-9-17-50(42)55-51/h1-32H. The molecule has 3 heterocycles. The molecule has 0 bridgehead atoms. The van der Waals surface area contributed by atoms with Crippen LogP contribution in [0.2, 0.25) is 0 Å². The minimum Gasteiger partial charge on any atom is -0.456 e. The second kappa shape index (κ2) is 11.6. The van der Waals surface area contributed by atoms with E-state index >= 15 is 0 Å². The van der Waals surface area contributed by atoms with Crippen LogP contribution < -0.4 is 0 Å². The first-order valence-electron chi connectivity index (χ1n) is 18.8. The molecule has 0 aliphatic rings. The van der Waals surface area contributed by atoms with E-state index < -0.39 is 0 Å². The summed E-state index contributed by atoms with van der Waals surface area (Å²) in [6.07, 6.45) is 0. The van der Waals surface area contributed by atoms with E-state index in [4.69, 9.17) is 4.42 Å². The van der Waals surface area contributed by atoms with Crippen LogP contribution in [0.3, 0.4) is 0 Å². The molecule has 3 heteroatoms. The third-order valence-corrected chi connectivity index (χ3v) is 11.5. The fourth-order valence-electron chi connectivity index (χ4n) is 8.94. The van der Waals surface area contributed by atoms with Crippen LogP contribution in [0.1, 0.15) is 0 Å². The molecule has 55 heavy (non-hydrogen) atoms. The zero-order valence-corrected chi connectivity index (χ0v) is 29.8. The monoisotopic (exact) mass is 700 g/mol. The summed E-state index contributed by atoms with van der Waals surface area (Å²) in [5.41, 5.74) is 13.7. The summed E-state index contributed by atoms with van der Waals surface area (Å²) < 4.78 is 10.9. The molecule has 0 fully saturated rings. The molecule has 0 saturated carbocycles. The van der Waals surface area contributed by atoms with Crippen LogP contribution in [0.15, 0.2) is 199 Å². The molecular formula is C52H32N2O. The van der Waals surface area contributed by atoms with E-state index in [0.29, 0.717) is 0 Å². The van der Waals surface area contributed by atoms with Gasteiger partial charge >= 0.3 is 0 Å². The van der Waals surface area contributed by atoms with Gasteiger partial charge in [-0.15, -0.1) is 0 Å². The summed E-state index contributed by atoms with van der Waals surface area (Å²) in [4.78, 5) is 0. The van der Waals surface area contributed by atoms with Crippen LogP contribution >= 0.6 is 0 Å². The van der Waals surface area contributed by atoms with Crippen molar-refractivity contribution in [2.45, 2.75) is 0 Å². The fraction of sp³-hybridized carbons (Fsp3) is 0. The molecular weight excluding hydrogens is 669 g/mol. The minimum absolute atomic E-state index is 0.914. The van der Waals surface area contributed by atoms with Gasteiger partial charge in [0.05, 0.1) is 22.1 Å². The Bertz CT molecular complexity index is 3470. The predicted molar refractivity (Wildman–Crippen MR) is 231 cm³/mol. The largest absolute Gasteiger partial charge is 0.456 e. The SMILES string of the molecule is c1ccc(-n2c3ccccc3c3cc(-c4ccc5c(c4)c4ccc6ccccc6c4n5-c4ccc(-c5ccc6oc7ccccc7c6c5)cc4)ccc32)cc1. The van der Waals surface area contributed by atoms with E-state index in [2.05, 4.69) is 191 Å². The van der Waals surface area contributed by atoms with E-state index in [0.717, 1.165) is 27.6 Å². The molecule has 256 valence electrons. The maximum Gasteiger partial charge on any atom is 0.135 e. The lowest BCUT2D eigenvalue weighted by Gasteiger charge is -2.11. The van der Waals surface area contributed by atoms with Crippen molar-refractivity contribution in [2.75, 3.05) is 0 Å². The highest BCUT2D eigenvalue weighted by Crippen LogP contribution is 2.41. The van der Waals surface area contributed by atoms with Gasteiger partial charge in [0, 0.05) is 49.1 Å². The summed E-state index contributed by atoms with van der Waals surface area (Å²) >= 11 is 0. The van der Waals surface area contributed by atoms with Gasteiger partial charge in [-0.3, -0.25) is 0 Å². The van der Waals surface area contributed by atoms with Gasteiger partial charge in [0.25, 0.3) is 0 Å². The average Bonchev–Trinajstić information content (AvgIpc) is 3.91. The summed E-state index contributed by atoms with van der Waals surface area (Å²) in [5.74, 6) is 0. The second-order valence-electron chi connectivity index (χ2n) is 14.5. The third-order valence-electron chi connectivity index (χ3n) is 11.5. The molecule has 0 spiro atoms. The first-order valence-corrected chi connectivity index (χ1v) is 18.8. The van der Waals surface area contributed by atoms with Gasteiger partial charge < -0.3 is 13.6 Å².